The number of hydrogen-bond acceptors (Lipinski definition) is 2. The number of amides is 1. The molecule has 1 N–H and O–H groups in total. The smallest absolute Gasteiger partial charge is 0.351 e. The third-order valence-electron chi connectivity index (χ3n) is 2.62. The Bertz CT molecular complexity index is 446. The van der Waals surface area contributed by atoms with E-state index in [1.54, 1.807) is 6.07 Å². The van der Waals surface area contributed by atoms with Gasteiger partial charge in [-0.3, -0.25) is 4.79 Å². The Balaban J connectivity index is 2.66. The molecule has 0 aromatic heterocycles. The lowest BCUT2D eigenvalue weighted by atomic mass is 10.1. The fourth-order valence-corrected chi connectivity index (χ4v) is 1.55. The fraction of sp³-hybridized carbons (Fsp3) is 0.462. The van der Waals surface area contributed by atoms with E-state index < -0.39 is 17.0 Å². The molecule has 1 atom stereocenters. The molecule has 0 spiro atoms. The minimum Gasteiger partial charge on any atom is -0.351 e. The van der Waals surface area contributed by atoms with E-state index in [2.05, 4.69) is 17.9 Å². The van der Waals surface area contributed by atoms with Crippen LogP contribution in [0.3, 0.4) is 0 Å². The highest BCUT2D eigenvalue weighted by atomic mass is 32.1. The second-order valence-corrected chi connectivity index (χ2v) is 5.16. The summed E-state index contributed by atoms with van der Waals surface area (Å²) in [4.78, 5) is 11.6. The summed E-state index contributed by atoms with van der Waals surface area (Å²) in [5.74, 6) is -0.222. The normalized spacial score (nSPS) is 13.4. The summed E-state index contributed by atoms with van der Waals surface area (Å²) in [7, 11) is 0. The van der Waals surface area contributed by atoms with Crippen molar-refractivity contribution >= 4 is 18.5 Å². The van der Waals surface area contributed by atoms with Gasteiger partial charge in [-0.05, 0) is 23.6 Å². The molecule has 19 heavy (non-hydrogen) atoms. The number of carbonyl (C=O) groups excluding carboxylic acids is 1. The van der Waals surface area contributed by atoms with Crippen LogP contribution in [0.25, 0.3) is 0 Å². The van der Waals surface area contributed by atoms with Crippen LogP contribution in [0, 0.1) is 5.92 Å². The monoisotopic (exact) mass is 291 g/mol. The van der Waals surface area contributed by atoms with Crippen LogP contribution in [0.2, 0.25) is 0 Å². The van der Waals surface area contributed by atoms with Gasteiger partial charge in [0.05, 0.1) is 10.8 Å². The molecule has 0 bridgehead atoms. The summed E-state index contributed by atoms with van der Waals surface area (Å²) in [5.41, 5.74) is -0.307. The molecule has 1 aromatic rings. The Hall–Kier alpha value is -1.17. The largest absolute Gasteiger partial charge is 0.416 e. The number of hydrogen-bond donors (Lipinski definition) is 2. The van der Waals surface area contributed by atoms with Crippen molar-refractivity contribution in [1.29, 1.82) is 0 Å². The molecule has 1 amide bonds. The first-order chi connectivity index (χ1) is 8.71. The molecule has 1 unspecified atom stereocenters. The van der Waals surface area contributed by atoms with Crippen molar-refractivity contribution in [3.63, 3.8) is 0 Å². The highest BCUT2D eigenvalue weighted by Crippen LogP contribution is 2.29. The summed E-state index contributed by atoms with van der Waals surface area (Å²) in [5, 5.41) is 2.11. The van der Waals surface area contributed by atoms with Gasteiger partial charge in [-0.25, -0.2) is 0 Å². The molecule has 0 radical (unpaired) electrons. The van der Waals surface area contributed by atoms with Gasteiger partial charge in [0.1, 0.15) is 0 Å². The maximum atomic E-state index is 12.5. The van der Waals surface area contributed by atoms with Gasteiger partial charge < -0.3 is 5.32 Å². The molecule has 0 saturated carbocycles. The van der Waals surface area contributed by atoms with Crippen LogP contribution < -0.4 is 5.32 Å². The van der Waals surface area contributed by atoms with Gasteiger partial charge in [0.25, 0.3) is 0 Å². The molecule has 0 aliphatic rings. The SMILES string of the molecule is CC(C)C(S)C(=O)NCc1cccc(C(F)(F)F)c1. The van der Waals surface area contributed by atoms with Gasteiger partial charge in [0, 0.05) is 6.54 Å². The molecule has 0 aliphatic heterocycles. The van der Waals surface area contributed by atoms with E-state index in [1.807, 2.05) is 13.8 Å². The van der Waals surface area contributed by atoms with Gasteiger partial charge in [-0.15, -0.1) is 0 Å². The van der Waals surface area contributed by atoms with Crippen molar-refractivity contribution < 1.29 is 18.0 Å². The molecule has 1 rings (SSSR count). The number of carbonyl (C=O) groups is 1. The highest BCUT2D eigenvalue weighted by molar-refractivity contribution is 7.81. The van der Waals surface area contributed by atoms with Crippen molar-refractivity contribution in [2.45, 2.75) is 31.8 Å². The zero-order valence-corrected chi connectivity index (χ0v) is 11.6. The molecule has 0 aliphatic carbocycles. The molecule has 0 fully saturated rings. The number of thiol groups is 1. The van der Waals surface area contributed by atoms with Gasteiger partial charge in [0.15, 0.2) is 0 Å². The van der Waals surface area contributed by atoms with Crippen molar-refractivity contribution in [1.82, 2.24) is 5.32 Å². The van der Waals surface area contributed by atoms with E-state index in [4.69, 9.17) is 0 Å². The van der Waals surface area contributed by atoms with Crippen LogP contribution in [0.15, 0.2) is 24.3 Å². The van der Waals surface area contributed by atoms with E-state index in [0.717, 1.165) is 12.1 Å². The van der Waals surface area contributed by atoms with Crippen LogP contribution in [-0.2, 0) is 17.5 Å². The average molecular weight is 291 g/mol. The van der Waals surface area contributed by atoms with Crippen LogP contribution in [0.1, 0.15) is 25.0 Å². The van der Waals surface area contributed by atoms with E-state index in [0.29, 0.717) is 5.56 Å². The van der Waals surface area contributed by atoms with Crippen molar-refractivity contribution in [3.8, 4) is 0 Å². The minimum atomic E-state index is -4.37. The van der Waals surface area contributed by atoms with E-state index >= 15 is 0 Å². The first kappa shape index (κ1) is 15.9. The Labute approximate surface area is 115 Å². The van der Waals surface area contributed by atoms with Gasteiger partial charge in [-0.1, -0.05) is 26.0 Å². The standard InChI is InChI=1S/C13H16F3NOS/c1-8(2)11(19)12(18)17-7-9-4-3-5-10(6-9)13(14,15)16/h3-6,8,11,19H,7H2,1-2H3,(H,17,18). The topological polar surface area (TPSA) is 29.1 Å². The van der Waals surface area contributed by atoms with Crippen LogP contribution >= 0.6 is 12.6 Å². The number of nitrogens with one attached hydrogen (secondary N) is 1. The second kappa shape index (κ2) is 6.32. The van der Waals surface area contributed by atoms with Crippen LogP contribution in [-0.4, -0.2) is 11.2 Å². The van der Waals surface area contributed by atoms with Crippen molar-refractivity contribution in [2.24, 2.45) is 5.92 Å². The molecule has 106 valence electrons. The van der Waals surface area contributed by atoms with Gasteiger partial charge in [0.2, 0.25) is 5.91 Å². The molecule has 2 nitrogen and oxygen atoms in total. The lowest BCUT2D eigenvalue weighted by molar-refractivity contribution is -0.137. The average Bonchev–Trinajstić information content (AvgIpc) is 2.34. The molecule has 6 heteroatoms. The summed E-state index contributed by atoms with van der Waals surface area (Å²) >= 11 is 4.14. The Morgan fingerprint density at radius 3 is 2.53 bits per heavy atom. The minimum absolute atomic E-state index is 0.0600. The Morgan fingerprint density at radius 1 is 1.37 bits per heavy atom. The van der Waals surface area contributed by atoms with Crippen molar-refractivity contribution in [3.05, 3.63) is 35.4 Å². The molecular weight excluding hydrogens is 275 g/mol. The molecule has 1 aromatic carbocycles. The van der Waals surface area contributed by atoms with Crippen LogP contribution in [0.5, 0.6) is 0 Å². The zero-order chi connectivity index (χ0) is 14.6. The van der Waals surface area contributed by atoms with E-state index in [9.17, 15) is 18.0 Å². The van der Waals surface area contributed by atoms with E-state index in [1.165, 1.54) is 6.07 Å². The van der Waals surface area contributed by atoms with Crippen molar-refractivity contribution in [2.75, 3.05) is 0 Å². The number of alkyl halides is 3. The fourth-order valence-electron chi connectivity index (χ4n) is 1.45. The van der Waals surface area contributed by atoms with Gasteiger partial charge in [-0.2, -0.15) is 25.8 Å². The molecule has 0 saturated heterocycles. The summed E-state index contributed by atoms with van der Waals surface area (Å²) in [6.45, 7) is 3.76. The Kier molecular flexibility index (Phi) is 5.29. The third kappa shape index (κ3) is 4.78. The third-order valence-corrected chi connectivity index (χ3v) is 3.45. The number of halogens is 3. The number of rotatable bonds is 4. The van der Waals surface area contributed by atoms with E-state index in [-0.39, 0.29) is 18.4 Å². The maximum absolute atomic E-state index is 12.5. The highest BCUT2D eigenvalue weighted by Gasteiger charge is 2.30. The summed E-state index contributed by atoms with van der Waals surface area (Å²) in [6.07, 6.45) is -4.37. The first-order valence-electron chi connectivity index (χ1n) is 5.83. The molecular formula is C13H16F3NOS. The second-order valence-electron chi connectivity index (χ2n) is 4.60. The lowest BCUT2D eigenvalue weighted by Gasteiger charge is -2.15. The van der Waals surface area contributed by atoms with Crippen LogP contribution in [0.4, 0.5) is 13.2 Å². The predicted octanol–water partition coefficient (Wildman–Crippen LogP) is 3.28. The maximum Gasteiger partial charge on any atom is 0.416 e. The zero-order valence-electron chi connectivity index (χ0n) is 10.7. The summed E-state index contributed by atoms with van der Waals surface area (Å²) < 4.78 is 37.5. The molecule has 0 heterocycles. The lowest BCUT2D eigenvalue weighted by Crippen LogP contribution is -2.33. The Morgan fingerprint density at radius 2 is 2.00 bits per heavy atom. The quantitative estimate of drug-likeness (QED) is 0.819. The predicted molar refractivity (Wildman–Crippen MR) is 70.9 cm³/mol. The number of benzene rings is 1. The first-order valence-corrected chi connectivity index (χ1v) is 6.35. The van der Waals surface area contributed by atoms with Gasteiger partial charge >= 0.3 is 6.18 Å². The summed E-state index contributed by atoms with van der Waals surface area (Å²) in [6, 6.07) is 4.90.